The molecule has 1 aliphatic rings. The normalized spacial score (nSPS) is 17.3. The summed E-state index contributed by atoms with van der Waals surface area (Å²) in [6, 6.07) is 8.77. The second kappa shape index (κ2) is 8.78. The van der Waals surface area contributed by atoms with Crippen molar-refractivity contribution < 1.29 is 8.42 Å². The highest BCUT2D eigenvalue weighted by molar-refractivity contribution is 7.89. The predicted octanol–water partition coefficient (Wildman–Crippen LogP) is 2.48. The molecule has 3 heterocycles. The van der Waals surface area contributed by atoms with E-state index in [1.54, 1.807) is 16.4 Å². The molecule has 0 aliphatic carbocycles. The largest absolute Gasteiger partial charge is 0.295 e. The summed E-state index contributed by atoms with van der Waals surface area (Å²) in [5.74, 6) is 0.412. The Hall–Kier alpha value is -2.14. The Kier molecular flexibility index (Phi) is 6.25. The molecule has 1 atom stereocenters. The van der Waals surface area contributed by atoms with Crippen molar-refractivity contribution in [2.75, 3.05) is 26.2 Å². The lowest BCUT2D eigenvalue weighted by atomic mass is 9.99. The molecule has 4 rings (SSSR count). The standard InChI is InChI=1S/C21H27N5O3S2/c1-4-15(2)17-5-7-19(8-6-17)31(28,29)25-11-9-24(10-12-25)14-18-13-20(27)26-21(22-18)30-16(3)23-26/h5-8,13,15H,4,9-12,14H2,1-3H3. The second-order valence-corrected chi connectivity index (χ2v) is 11.1. The van der Waals surface area contributed by atoms with Crippen LogP contribution < -0.4 is 5.56 Å². The van der Waals surface area contributed by atoms with Gasteiger partial charge in [-0.1, -0.05) is 37.3 Å². The Morgan fingerprint density at radius 1 is 1.13 bits per heavy atom. The first kappa shape index (κ1) is 22.1. The molecule has 3 aromatic rings. The van der Waals surface area contributed by atoms with Crippen molar-refractivity contribution in [2.24, 2.45) is 0 Å². The van der Waals surface area contributed by atoms with Crippen molar-refractivity contribution >= 4 is 26.3 Å². The van der Waals surface area contributed by atoms with Gasteiger partial charge in [0.15, 0.2) is 0 Å². The van der Waals surface area contributed by atoms with Crippen molar-refractivity contribution in [2.45, 2.75) is 44.6 Å². The molecule has 1 fully saturated rings. The number of hydrogen-bond donors (Lipinski definition) is 0. The Morgan fingerprint density at radius 3 is 2.45 bits per heavy atom. The minimum absolute atomic E-state index is 0.189. The molecule has 10 heteroatoms. The fourth-order valence-electron chi connectivity index (χ4n) is 3.74. The fraction of sp³-hybridized carbons (Fsp3) is 0.476. The summed E-state index contributed by atoms with van der Waals surface area (Å²) in [5.41, 5.74) is 1.65. The van der Waals surface area contributed by atoms with E-state index < -0.39 is 10.0 Å². The van der Waals surface area contributed by atoms with Gasteiger partial charge in [-0.25, -0.2) is 13.4 Å². The molecule has 1 saturated heterocycles. The van der Waals surface area contributed by atoms with Crippen LogP contribution in [0.15, 0.2) is 40.0 Å². The number of nitrogens with zero attached hydrogens (tertiary/aromatic N) is 5. The van der Waals surface area contributed by atoms with E-state index in [9.17, 15) is 13.2 Å². The minimum atomic E-state index is -3.51. The van der Waals surface area contributed by atoms with Crippen molar-refractivity contribution in [3.05, 3.63) is 57.0 Å². The lowest BCUT2D eigenvalue weighted by molar-refractivity contribution is 0.180. The number of hydrogen-bond acceptors (Lipinski definition) is 7. The molecule has 0 spiro atoms. The summed E-state index contributed by atoms with van der Waals surface area (Å²) in [6.45, 7) is 8.63. The predicted molar refractivity (Wildman–Crippen MR) is 121 cm³/mol. The Bertz CT molecular complexity index is 1230. The van der Waals surface area contributed by atoms with Crippen LogP contribution in [0.2, 0.25) is 0 Å². The number of sulfonamides is 1. The molecular weight excluding hydrogens is 434 g/mol. The lowest BCUT2D eigenvalue weighted by Gasteiger charge is -2.33. The SMILES string of the molecule is CCC(C)c1ccc(S(=O)(=O)N2CCN(Cc3cc(=O)n4nc(C)sc4n3)CC2)cc1. The molecule has 0 amide bonds. The summed E-state index contributed by atoms with van der Waals surface area (Å²) in [7, 11) is -3.51. The van der Waals surface area contributed by atoms with E-state index in [0.29, 0.717) is 54.2 Å². The maximum atomic E-state index is 13.0. The average molecular weight is 462 g/mol. The summed E-state index contributed by atoms with van der Waals surface area (Å²) in [5, 5.41) is 4.95. The molecule has 1 unspecified atom stereocenters. The van der Waals surface area contributed by atoms with Crippen molar-refractivity contribution in [3.8, 4) is 0 Å². The second-order valence-electron chi connectivity index (χ2n) is 7.96. The van der Waals surface area contributed by atoms with E-state index in [1.165, 1.54) is 21.9 Å². The van der Waals surface area contributed by atoms with Gasteiger partial charge in [0.2, 0.25) is 15.0 Å². The average Bonchev–Trinajstić information content (AvgIpc) is 3.14. The number of benzene rings is 1. The van der Waals surface area contributed by atoms with Crippen LogP contribution in [0.1, 0.15) is 42.5 Å². The monoisotopic (exact) mass is 461 g/mol. The first-order chi connectivity index (χ1) is 14.8. The van der Waals surface area contributed by atoms with Gasteiger partial charge in [-0.2, -0.15) is 13.9 Å². The zero-order chi connectivity index (χ0) is 22.2. The van der Waals surface area contributed by atoms with E-state index >= 15 is 0 Å². The van der Waals surface area contributed by atoms with Gasteiger partial charge < -0.3 is 0 Å². The highest BCUT2D eigenvalue weighted by atomic mass is 32.2. The van der Waals surface area contributed by atoms with Crippen LogP contribution in [0, 0.1) is 6.92 Å². The van der Waals surface area contributed by atoms with Crippen LogP contribution in [0.5, 0.6) is 0 Å². The molecule has 1 aromatic carbocycles. The van der Waals surface area contributed by atoms with E-state index in [0.717, 1.165) is 17.0 Å². The van der Waals surface area contributed by atoms with Crippen molar-refractivity contribution in [1.29, 1.82) is 0 Å². The maximum absolute atomic E-state index is 13.0. The van der Waals surface area contributed by atoms with Gasteiger partial charge in [-0.3, -0.25) is 9.69 Å². The summed E-state index contributed by atoms with van der Waals surface area (Å²) >= 11 is 1.38. The third-order valence-electron chi connectivity index (χ3n) is 5.82. The number of aromatic nitrogens is 3. The van der Waals surface area contributed by atoms with Gasteiger partial charge >= 0.3 is 0 Å². The molecular formula is C21H27N5O3S2. The topological polar surface area (TPSA) is 87.9 Å². The molecule has 0 radical (unpaired) electrons. The smallest absolute Gasteiger partial charge is 0.275 e. The van der Waals surface area contributed by atoms with E-state index in [2.05, 4.69) is 28.8 Å². The van der Waals surface area contributed by atoms with Crippen molar-refractivity contribution in [3.63, 3.8) is 0 Å². The molecule has 2 aromatic heterocycles. The fourth-order valence-corrected chi connectivity index (χ4v) is 5.93. The number of fused-ring (bicyclic) bond motifs is 1. The molecule has 8 nitrogen and oxygen atoms in total. The summed E-state index contributed by atoms with van der Waals surface area (Å²) < 4.78 is 28.9. The van der Waals surface area contributed by atoms with Crippen LogP contribution >= 0.6 is 11.3 Å². The first-order valence-electron chi connectivity index (χ1n) is 10.5. The van der Waals surface area contributed by atoms with E-state index in [-0.39, 0.29) is 5.56 Å². The number of rotatable bonds is 6. The van der Waals surface area contributed by atoms with Crippen LogP contribution in [-0.4, -0.2) is 58.4 Å². The van der Waals surface area contributed by atoms with Gasteiger partial charge in [0, 0.05) is 38.8 Å². The molecule has 166 valence electrons. The lowest BCUT2D eigenvalue weighted by Crippen LogP contribution is -2.48. The van der Waals surface area contributed by atoms with Gasteiger partial charge in [0.05, 0.1) is 10.6 Å². The first-order valence-corrected chi connectivity index (χ1v) is 12.7. The van der Waals surface area contributed by atoms with Gasteiger partial charge in [-0.15, -0.1) is 0 Å². The quantitative estimate of drug-likeness (QED) is 0.560. The third-order valence-corrected chi connectivity index (χ3v) is 8.55. The zero-order valence-electron chi connectivity index (χ0n) is 18.0. The highest BCUT2D eigenvalue weighted by Gasteiger charge is 2.28. The molecule has 0 N–H and O–H groups in total. The van der Waals surface area contributed by atoms with E-state index in [4.69, 9.17) is 0 Å². The van der Waals surface area contributed by atoms with Crippen LogP contribution in [0.4, 0.5) is 0 Å². The molecule has 1 aliphatic heterocycles. The van der Waals surface area contributed by atoms with Crippen molar-refractivity contribution in [1.82, 2.24) is 23.8 Å². The Balaban J connectivity index is 1.41. The Morgan fingerprint density at radius 2 is 1.81 bits per heavy atom. The number of piperazine rings is 1. The maximum Gasteiger partial charge on any atom is 0.275 e. The van der Waals surface area contributed by atoms with Crippen LogP contribution in [-0.2, 0) is 16.6 Å². The molecule has 31 heavy (non-hydrogen) atoms. The van der Waals surface area contributed by atoms with Gasteiger partial charge in [0.25, 0.3) is 5.56 Å². The van der Waals surface area contributed by atoms with Gasteiger partial charge in [-0.05, 0) is 37.0 Å². The molecule has 0 bridgehead atoms. The minimum Gasteiger partial charge on any atom is -0.295 e. The van der Waals surface area contributed by atoms with E-state index in [1.807, 2.05) is 19.1 Å². The summed E-state index contributed by atoms with van der Waals surface area (Å²) in [6.07, 6.45) is 1.02. The number of aryl methyl sites for hydroxylation is 1. The van der Waals surface area contributed by atoms with Crippen LogP contribution in [0.3, 0.4) is 0 Å². The van der Waals surface area contributed by atoms with Gasteiger partial charge in [0.1, 0.15) is 5.01 Å². The molecule has 0 saturated carbocycles. The zero-order valence-corrected chi connectivity index (χ0v) is 19.6. The van der Waals surface area contributed by atoms with Crippen LogP contribution in [0.25, 0.3) is 4.96 Å². The highest BCUT2D eigenvalue weighted by Crippen LogP contribution is 2.23. The third kappa shape index (κ3) is 4.57. The summed E-state index contributed by atoms with van der Waals surface area (Å²) in [4.78, 5) is 19.8. The Labute approximate surface area is 186 Å².